The second-order valence-corrected chi connectivity index (χ2v) is 8.40. The molecule has 6 nitrogen and oxygen atoms in total. The first-order valence-electron chi connectivity index (χ1n) is 9.59. The summed E-state index contributed by atoms with van der Waals surface area (Å²) >= 11 is 7.29. The van der Waals surface area contributed by atoms with Gasteiger partial charge in [-0.1, -0.05) is 23.7 Å². The Labute approximate surface area is 179 Å². The fraction of sp³-hybridized carbons (Fsp3) is 0.429. The van der Waals surface area contributed by atoms with Crippen LogP contribution in [0.5, 0.6) is 0 Å². The molecule has 2 heterocycles. The van der Waals surface area contributed by atoms with E-state index in [0.717, 1.165) is 5.56 Å². The van der Waals surface area contributed by atoms with E-state index in [-0.39, 0.29) is 31.3 Å². The fourth-order valence-electron chi connectivity index (χ4n) is 3.48. The summed E-state index contributed by atoms with van der Waals surface area (Å²) in [6.07, 6.45) is 0.166. The van der Waals surface area contributed by atoms with Crippen LogP contribution in [0.2, 0.25) is 5.02 Å². The van der Waals surface area contributed by atoms with Crippen LogP contribution in [-0.2, 0) is 14.3 Å². The first-order valence-corrected chi connectivity index (χ1v) is 10.8. The Hall–Kier alpha value is -1.93. The van der Waals surface area contributed by atoms with Crippen molar-refractivity contribution in [3.8, 4) is 11.1 Å². The van der Waals surface area contributed by atoms with Gasteiger partial charge in [0, 0.05) is 29.1 Å². The number of carbonyl (C=O) groups excluding carboxylic acids is 2. The van der Waals surface area contributed by atoms with Crippen molar-refractivity contribution >= 4 is 39.8 Å². The van der Waals surface area contributed by atoms with Crippen LogP contribution >= 0.6 is 22.9 Å². The van der Waals surface area contributed by atoms with Gasteiger partial charge in [0.1, 0.15) is 10.6 Å². The number of thiophene rings is 1. The standard InChI is InChI=1S/C21H25ClN2O4S/c1-4-27-21(26)19-17(15-5-7-16(22)8-6-15)12-29-20(19)23-18(25)11-24-9-13(2)28-14(3)10-24/h5-8,12-14H,4,9-11H2,1-3H3,(H,23,25)/t13-,14-/m0/s1. The van der Waals surface area contributed by atoms with Crippen molar-refractivity contribution in [1.82, 2.24) is 4.90 Å². The summed E-state index contributed by atoms with van der Waals surface area (Å²) in [6.45, 7) is 7.64. The Morgan fingerprint density at radius 1 is 1.24 bits per heavy atom. The van der Waals surface area contributed by atoms with Gasteiger partial charge in [-0.15, -0.1) is 11.3 Å². The number of halogens is 1. The van der Waals surface area contributed by atoms with Crippen LogP contribution in [0.25, 0.3) is 11.1 Å². The lowest BCUT2D eigenvalue weighted by atomic mass is 10.0. The Balaban J connectivity index is 1.80. The quantitative estimate of drug-likeness (QED) is 0.684. The number of anilines is 1. The lowest BCUT2D eigenvalue weighted by molar-refractivity contribution is -0.121. The number of nitrogens with zero attached hydrogens (tertiary/aromatic N) is 1. The zero-order valence-corrected chi connectivity index (χ0v) is 18.3. The van der Waals surface area contributed by atoms with Gasteiger partial charge in [0.2, 0.25) is 5.91 Å². The van der Waals surface area contributed by atoms with Crippen LogP contribution in [0.15, 0.2) is 29.6 Å². The molecule has 1 saturated heterocycles. The van der Waals surface area contributed by atoms with Gasteiger partial charge < -0.3 is 14.8 Å². The summed E-state index contributed by atoms with van der Waals surface area (Å²) in [7, 11) is 0. The van der Waals surface area contributed by atoms with Crippen molar-refractivity contribution in [2.24, 2.45) is 0 Å². The third-order valence-electron chi connectivity index (χ3n) is 4.54. The number of morpholine rings is 1. The number of nitrogens with one attached hydrogen (secondary N) is 1. The van der Waals surface area contributed by atoms with Crippen LogP contribution in [0.4, 0.5) is 5.00 Å². The Kier molecular flexibility index (Phi) is 7.29. The SMILES string of the molecule is CCOC(=O)c1c(-c2ccc(Cl)cc2)csc1NC(=O)CN1C[C@H](C)O[C@@H](C)C1. The maximum absolute atomic E-state index is 12.7. The monoisotopic (exact) mass is 436 g/mol. The number of carbonyl (C=O) groups is 2. The van der Waals surface area contributed by atoms with Crippen LogP contribution in [0.3, 0.4) is 0 Å². The van der Waals surface area contributed by atoms with Crippen LogP contribution in [0.1, 0.15) is 31.1 Å². The number of hydrogen-bond acceptors (Lipinski definition) is 6. The predicted molar refractivity (Wildman–Crippen MR) is 116 cm³/mol. The summed E-state index contributed by atoms with van der Waals surface area (Å²) in [6, 6.07) is 7.22. The zero-order valence-electron chi connectivity index (χ0n) is 16.7. The van der Waals surface area contributed by atoms with Crippen LogP contribution in [0, 0.1) is 0 Å². The van der Waals surface area contributed by atoms with Gasteiger partial charge in [-0.2, -0.15) is 0 Å². The van der Waals surface area contributed by atoms with Gasteiger partial charge in [0.15, 0.2) is 0 Å². The molecule has 1 aliphatic heterocycles. The molecule has 0 radical (unpaired) electrons. The molecule has 0 spiro atoms. The van der Waals surface area contributed by atoms with E-state index in [1.165, 1.54) is 11.3 Å². The second-order valence-electron chi connectivity index (χ2n) is 7.08. The maximum atomic E-state index is 12.7. The molecule has 3 rings (SSSR count). The van der Waals surface area contributed by atoms with Gasteiger partial charge in [-0.05, 0) is 38.5 Å². The Bertz CT molecular complexity index is 858. The Morgan fingerprint density at radius 2 is 1.90 bits per heavy atom. The van der Waals surface area contributed by atoms with Gasteiger partial charge in [0.25, 0.3) is 0 Å². The van der Waals surface area contributed by atoms with E-state index in [0.29, 0.717) is 34.2 Å². The molecule has 8 heteroatoms. The van der Waals surface area contributed by atoms with E-state index < -0.39 is 5.97 Å². The molecule has 1 amide bonds. The summed E-state index contributed by atoms with van der Waals surface area (Å²) in [5.41, 5.74) is 1.93. The number of rotatable bonds is 6. The first-order chi connectivity index (χ1) is 13.9. The lowest BCUT2D eigenvalue weighted by Gasteiger charge is -2.34. The summed E-state index contributed by atoms with van der Waals surface area (Å²) in [5, 5.41) is 5.86. The van der Waals surface area contributed by atoms with Crippen LogP contribution < -0.4 is 5.32 Å². The molecule has 2 atom stereocenters. The molecule has 1 aliphatic rings. The minimum Gasteiger partial charge on any atom is -0.462 e. The molecular formula is C21H25ClN2O4S. The highest BCUT2D eigenvalue weighted by atomic mass is 35.5. The van der Waals surface area contributed by atoms with E-state index >= 15 is 0 Å². The highest BCUT2D eigenvalue weighted by Gasteiger charge is 2.26. The average Bonchev–Trinajstić information content (AvgIpc) is 3.05. The van der Waals surface area contributed by atoms with Gasteiger partial charge in [-0.3, -0.25) is 9.69 Å². The number of benzene rings is 1. The lowest BCUT2D eigenvalue weighted by Crippen LogP contribution is -2.48. The minimum absolute atomic E-state index is 0.0832. The largest absolute Gasteiger partial charge is 0.462 e. The van der Waals surface area contributed by atoms with E-state index in [2.05, 4.69) is 10.2 Å². The van der Waals surface area contributed by atoms with Crippen molar-refractivity contribution in [1.29, 1.82) is 0 Å². The van der Waals surface area contributed by atoms with Crippen molar-refractivity contribution in [3.63, 3.8) is 0 Å². The summed E-state index contributed by atoms with van der Waals surface area (Å²) in [5.74, 6) is -0.621. The normalized spacial score (nSPS) is 19.7. The van der Waals surface area contributed by atoms with E-state index in [1.807, 2.05) is 31.4 Å². The molecule has 0 saturated carbocycles. The first kappa shape index (κ1) is 21.8. The van der Waals surface area contributed by atoms with Gasteiger partial charge in [0.05, 0.1) is 25.4 Å². The highest BCUT2D eigenvalue weighted by molar-refractivity contribution is 7.15. The summed E-state index contributed by atoms with van der Waals surface area (Å²) in [4.78, 5) is 27.3. The molecule has 156 valence electrons. The zero-order chi connectivity index (χ0) is 21.0. The van der Waals surface area contributed by atoms with Crippen molar-refractivity contribution in [2.45, 2.75) is 33.0 Å². The minimum atomic E-state index is -0.456. The Morgan fingerprint density at radius 3 is 2.52 bits per heavy atom. The number of amides is 1. The number of esters is 1. The molecule has 29 heavy (non-hydrogen) atoms. The van der Waals surface area contributed by atoms with Crippen molar-refractivity contribution in [3.05, 3.63) is 40.2 Å². The molecule has 0 unspecified atom stereocenters. The second kappa shape index (κ2) is 9.71. The molecule has 1 aromatic heterocycles. The summed E-state index contributed by atoms with van der Waals surface area (Å²) < 4.78 is 10.9. The van der Waals surface area contributed by atoms with Crippen molar-refractivity contribution in [2.75, 3.05) is 31.6 Å². The fourth-order valence-corrected chi connectivity index (χ4v) is 4.58. The van der Waals surface area contributed by atoms with E-state index in [9.17, 15) is 9.59 Å². The number of hydrogen-bond donors (Lipinski definition) is 1. The van der Waals surface area contributed by atoms with Gasteiger partial charge >= 0.3 is 5.97 Å². The highest BCUT2D eigenvalue weighted by Crippen LogP contribution is 2.36. The predicted octanol–water partition coefficient (Wildman–Crippen LogP) is 4.29. The van der Waals surface area contributed by atoms with Gasteiger partial charge in [-0.25, -0.2) is 4.79 Å². The molecule has 1 N–H and O–H groups in total. The molecular weight excluding hydrogens is 412 g/mol. The molecule has 0 bridgehead atoms. The third-order valence-corrected chi connectivity index (χ3v) is 5.69. The topological polar surface area (TPSA) is 67.9 Å². The average molecular weight is 437 g/mol. The maximum Gasteiger partial charge on any atom is 0.341 e. The number of ether oxygens (including phenoxy) is 2. The molecule has 1 fully saturated rings. The van der Waals surface area contributed by atoms with E-state index in [4.69, 9.17) is 21.1 Å². The van der Waals surface area contributed by atoms with Crippen LogP contribution in [-0.4, -0.2) is 55.2 Å². The van der Waals surface area contributed by atoms with Crippen molar-refractivity contribution < 1.29 is 19.1 Å². The third kappa shape index (κ3) is 5.57. The molecule has 2 aromatic rings. The van der Waals surface area contributed by atoms with E-state index in [1.54, 1.807) is 19.1 Å². The molecule has 1 aromatic carbocycles. The molecule has 0 aliphatic carbocycles. The smallest absolute Gasteiger partial charge is 0.341 e.